The van der Waals surface area contributed by atoms with Crippen LogP contribution in [0.15, 0.2) is 27.2 Å². The molecule has 0 saturated heterocycles. The highest BCUT2D eigenvalue weighted by atomic mass is 32.1. The number of rotatable bonds is 6. The summed E-state index contributed by atoms with van der Waals surface area (Å²) >= 11 is 3.34. The van der Waals surface area contributed by atoms with E-state index in [1.54, 1.807) is 36.8 Å². The van der Waals surface area contributed by atoms with Crippen molar-refractivity contribution in [3.05, 3.63) is 38.5 Å². The fourth-order valence-corrected chi connectivity index (χ4v) is 3.47. The van der Waals surface area contributed by atoms with Crippen LogP contribution in [-0.4, -0.2) is 37.0 Å². The number of aromatic nitrogens is 1. The molecule has 0 spiro atoms. The maximum absolute atomic E-state index is 5.30. The first-order valence-corrected chi connectivity index (χ1v) is 8.86. The van der Waals surface area contributed by atoms with Gasteiger partial charge < -0.3 is 15.0 Å². The van der Waals surface area contributed by atoms with Gasteiger partial charge in [0.05, 0.1) is 12.2 Å². The molecule has 22 heavy (non-hydrogen) atoms. The lowest BCUT2D eigenvalue weighted by Gasteiger charge is -2.21. The largest absolute Gasteiger partial charge is 0.375 e. The predicted octanol–water partition coefficient (Wildman–Crippen LogP) is 3.12. The molecule has 2 heterocycles. The normalized spacial score (nSPS) is 13.2. The van der Waals surface area contributed by atoms with Gasteiger partial charge in [0.1, 0.15) is 11.1 Å². The average Bonchev–Trinajstić information content (AvgIpc) is 3.18. The number of hydrogen-bond donors (Lipinski definition) is 1. The monoisotopic (exact) mass is 338 g/mol. The van der Waals surface area contributed by atoms with Gasteiger partial charge in [-0.05, 0) is 29.3 Å². The number of ether oxygens (including phenoxy) is 1. The lowest BCUT2D eigenvalue weighted by molar-refractivity contribution is 0.119. The second-order valence-electron chi connectivity index (χ2n) is 4.94. The first-order chi connectivity index (χ1) is 10.6. The van der Waals surface area contributed by atoms with Crippen LogP contribution in [0.4, 0.5) is 0 Å². The Morgan fingerprint density at radius 2 is 2.32 bits per heavy atom. The van der Waals surface area contributed by atoms with Crippen LogP contribution in [-0.2, 0) is 17.8 Å². The number of nitrogens with one attached hydrogen (secondary N) is 1. The van der Waals surface area contributed by atoms with Crippen molar-refractivity contribution in [1.29, 1.82) is 0 Å². The minimum atomic E-state index is 0.0417. The summed E-state index contributed by atoms with van der Waals surface area (Å²) in [5.41, 5.74) is 2.30. The molecule has 120 valence electrons. The number of thiophene rings is 1. The van der Waals surface area contributed by atoms with E-state index in [0.29, 0.717) is 0 Å². The van der Waals surface area contributed by atoms with Crippen molar-refractivity contribution in [2.75, 3.05) is 21.2 Å². The molecular formula is C15H22N4OS2. The fourth-order valence-electron chi connectivity index (χ4n) is 1.96. The van der Waals surface area contributed by atoms with Gasteiger partial charge in [-0.2, -0.15) is 11.3 Å². The minimum Gasteiger partial charge on any atom is -0.375 e. The number of thiazole rings is 1. The molecule has 1 atom stereocenters. The molecule has 0 aromatic carbocycles. The van der Waals surface area contributed by atoms with E-state index >= 15 is 0 Å². The van der Waals surface area contributed by atoms with Crippen molar-refractivity contribution >= 4 is 28.6 Å². The molecular weight excluding hydrogens is 316 g/mol. The second kappa shape index (κ2) is 8.26. The maximum Gasteiger partial charge on any atom is 0.194 e. The lowest BCUT2D eigenvalue weighted by atomic mass is 10.3. The van der Waals surface area contributed by atoms with Crippen LogP contribution in [0.5, 0.6) is 0 Å². The third kappa shape index (κ3) is 4.53. The number of nitrogens with zero attached hydrogens (tertiary/aromatic N) is 3. The Morgan fingerprint density at radius 1 is 1.50 bits per heavy atom. The van der Waals surface area contributed by atoms with E-state index in [2.05, 4.69) is 42.4 Å². The lowest BCUT2D eigenvalue weighted by Crippen LogP contribution is -2.38. The molecule has 2 aromatic rings. The van der Waals surface area contributed by atoms with E-state index in [1.165, 1.54) is 5.56 Å². The Kier molecular flexibility index (Phi) is 6.35. The fraction of sp³-hybridized carbons (Fsp3) is 0.467. The summed E-state index contributed by atoms with van der Waals surface area (Å²) in [6, 6.07) is 2.11. The first-order valence-electron chi connectivity index (χ1n) is 7.04. The van der Waals surface area contributed by atoms with Crippen molar-refractivity contribution in [3.63, 3.8) is 0 Å². The van der Waals surface area contributed by atoms with Crippen molar-refractivity contribution in [2.24, 2.45) is 4.99 Å². The van der Waals surface area contributed by atoms with Crippen molar-refractivity contribution in [2.45, 2.75) is 26.1 Å². The second-order valence-corrected chi connectivity index (χ2v) is 6.61. The molecule has 1 N–H and O–H groups in total. The molecule has 2 aromatic heterocycles. The minimum absolute atomic E-state index is 0.0417. The SMILES string of the molecule is CN=C(NCc1ccsc1)N(C)Cc1csc(C(C)OC)n1. The average molecular weight is 339 g/mol. The van der Waals surface area contributed by atoms with Crippen LogP contribution in [0, 0.1) is 0 Å². The Morgan fingerprint density at radius 3 is 2.95 bits per heavy atom. The smallest absolute Gasteiger partial charge is 0.194 e. The van der Waals surface area contributed by atoms with Crippen LogP contribution < -0.4 is 5.32 Å². The highest BCUT2D eigenvalue weighted by Gasteiger charge is 2.12. The summed E-state index contributed by atoms with van der Waals surface area (Å²) in [5.74, 6) is 0.862. The van der Waals surface area contributed by atoms with Crippen LogP contribution in [0.2, 0.25) is 0 Å². The number of hydrogen-bond acceptors (Lipinski definition) is 5. The van der Waals surface area contributed by atoms with Crippen molar-refractivity contribution in [3.8, 4) is 0 Å². The number of aliphatic imine (C=N–C) groups is 1. The zero-order valence-corrected chi connectivity index (χ0v) is 15.0. The molecule has 0 aliphatic carbocycles. The third-order valence-corrected chi connectivity index (χ3v) is 5.06. The Hall–Kier alpha value is -1.44. The van der Waals surface area contributed by atoms with Crippen LogP contribution in [0.3, 0.4) is 0 Å². The van der Waals surface area contributed by atoms with Gasteiger partial charge in [-0.15, -0.1) is 11.3 Å². The van der Waals surface area contributed by atoms with Crippen molar-refractivity contribution in [1.82, 2.24) is 15.2 Å². The summed E-state index contributed by atoms with van der Waals surface area (Å²) < 4.78 is 5.30. The van der Waals surface area contributed by atoms with Crippen LogP contribution in [0.25, 0.3) is 0 Å². The summed E-state index contributed by atoms with van der Waals surface area (Å²) in [7, 11) is 5.52. The predicted molar refractivity (Wildman–Crippen MR) is 93.5 cm³/mol. The van der Waals surface area contributed by atoms with Gasteiger partial charge in [0.25, 0.3) is 0 Å². The van der Waals surface area contributed by atoms with E-state index in [4.69, 9.17) is 4.74 Å². The molecule has 0 aliphatic rings. The topological polar surface area (TPSA) is 49.8 Å². The zero-order valence-electron chi connectivity index (χ0n) is 13.4. The van der Waals surface area contributed by atoms with Crippen molar-refractivity contribution < 1.29 is 4.74 Å². The molecule has 0 saturated carbocycles. The van der Waals surface area contributed by atoms with Crippen LogP contribution >= 0.6 is 22.7 Å². The Labute approximate surface area is 139 Å². The summed E-state index contributed by atoms with van der Waals surface area (Å²) in [6.07, 6.45) is 0.0417. The molecule has 0 fully saturated rings. The quantitative estimate of drug-likeness (QED) is 0.649. The van der Waals surface area contributed by atoms with Gasteiger partial charge in [0.2, 0.25) is 0 Å². The summed E-state index contributed by atoms with van der Waals surface area (Å²) in [4.78, 5) is 11.0. The highest BCUT2D eigenvalue weighted by molar-refractivity contribution is 7.09. The molecule has 1 unspecified atom stereocenters. The molecule has 0 bridgehead atoms. The van der Waals surface area contributed by atoms with Gasteiger partial charge in [0, 0.05) is 33.1 Å². The van der Waals surface area contributed by atoms with E-state index in [1.807, 2.05) is 14.0 Å². The van der Waals surface area contributed by atoms with E-state index < -0.39 is 0 Å². The number of guanidine groups is 1. The highest BCUT2D eigenvalue weighted by Crippen LogP contribution is 2.20. The first kappa shape index (κ1) is 16.9. The zero-order chi connectivity index (χ0) is 15.9. The van der Waals surface area contributed by atoms with Crippen LogP contribution in [0.1, 0.15) is 29.3 Å². The summed E-state index contributed by atoms with van der Waals surface area (Å²) in [5, 5.41) is 10.7. The molecule has 7 heteroatoms. The molecule has 5 nitrogen and oxygen atoms in total. The van der Waals surface area contributed by atoms with Gasteiger partial charge >= 0.3 is 0 Å². The standard InChI is InChI=1S/C15H22N4OS2/c1-11(20-4)14-18-13(10-22-14)8-19(3)15(16-2)17-7-12-5-6-21-9-12/h5-6,9-11H,7-8H2,1-4H3,(H,16,17). The molecule has 0 aliphatic heterocycles. The summed E-state index contributed by atoms with van der Waals surface area (Å²) in [6.45, 7) is 3.51. The maximum atomic E-state index is 5.30. The Balaban J connectivity index is 1.91. The van der Waals surface area contributed by atoms with Gasteiger partial charge in [0.15, 0.2) is 5.96 Å². The van der Waals surface area contributed by atoms with Gasteiger partial charge in [-0.3, -0.25) is 4.99 Å². The van der Waals surface area contributed by atoms with E-state index in [9.17, 15) is 0 Å². The van der Waals surface area contributed by atoms with E-state index in [0.717, 1.165) is 29.8 Å². The Bertz CT molecular complexity index is 594. The van der Waals surface area contributed by atoms with Gasteiger partial charge in [-0.25, -0.2) is 4.98 Å². The third-order valence-electron chi connectivity index (χ3n) is 3.27. The molecule has 0 amide bonds. The van der Waals surface area contributed by atoms with Gasteiger partial charge in [-0.1, -0.05) is 0 Å². The molecule has 0 radical (unpaired) electrons. The number of methoxy groups -OCH3 is 1. The molecule has 2 rings (SSSR count). The van der Waals surface area contributed by atoms with E-state index in [-0.39, 0.29) is 6.10 Å².